The predicted molar refractivity (Wildman–Crippen MR) is 84.5 cm³/mol. The van der Waals surface area contributed by atoms with E-state index in [1.54, 1.807) is 15.6 Å². The Morgan fingerprint density at radius 1 is 1.25 bits per heavy atom. The lowest BCUT2D eigenvalue weighted by Crippen LogP contribution is -2.32. The number of hydrogen-bond acceptors (Lipinski definition) is 3. The van der Waals surface area contributed by atoms with Crippen LogP contribution in [0.4, 0.5) is 0 Å². The zero-order valence-electron chi connectivity index (χ0n) is 12.7. The van der Waals surface area contributed by atoms with E-state index in [4.69, 9.17) is 0 Å². The number of carbonyl (C=O) groups excluding carboxylic acids is 1. The van der Waals surface area contributed by atoms with Crippen molar-refractivity contribution in [3.8, 4) is 0 Å². The van der Waals surface area contributed by atoms with Crippen molar-refractivity contribution in [3.63, 3.8) is 0 Å². The number of carbonyl (C=O) groups is 1. The Morgan fingerprint density at radius 2 is 1.95 bits per heavy atom. The lowest BCUT2D eigenvalue weighted by Gasteiger charge is -2.21. The van der Waals surface area contributed by atoms with Crippen molar-refractivity contribution in [2.75, 3.05) is 6.54 Å². The molecule has 0 fully saturated rings. The highest BCUT2D eigenvalue weighted by Crippen LogP contribution is 2.38. The first-order valence-corrected chi connectivity index (χ1v) is 9.27. The Labute approximate surface area is 128 Å². The molecule has 2 rings (SSSR count). The maximum absolute atomic E-state index is 12.6. The van der Waals surface area contributed by atoms with Gasteiger partial charge in [-0.1, -0.05) is 33.1 Å². The molecule has 3 nitrogen and oxygen atoms in total. The second-order valence-corrected chi connectivity index (χ2v) is 8.23. The van der Waals surface area contributed by atoms with E-state index in [9.17, 15) is 9.00 Å². The van der Waals surface area contributed by atoms with Gasteiger partial charge in [-0.05, 0) is 26.2 Å². The second kappa shape index (κ2) is 6.39. The number of unbranched alkanes of at least 4 members (excludes halogenated alkanes) is 1. The normalized spacial score (nSPS) is 19.5. The highest BCUT2D eigenvalue weighted by molar-refractivity contribution is 7.84. The summed E-state index contributed by atoms with van der Waals surface area (Å²) in [6.07, 6.45) is 4.48. The predicted octanol–water partition coefficient (Wildman–Crippen LogP) is 4.06. The third-order valence-electron chi connectivity index (χ3n) is 3.99. The molecule has 2 atom stereocenters. The van der Waals surface area contributed by atoms with Gasteiger partial charge < -0.3 is 0 Å². The molecule has 1 aliphatic heterocycles. The smallest absolute Gasteiger partial charge is 0.268 e. The monoisotopic (exact) mass is 313 g/mol. The molecule has 0 bridgehead atoms. The summed E-state index contributed by atoms with van der Waals surface area (Å²) in [5.41, 5.74) is 0.705. The molecular weight excluding hydrogens is 290 g/mol. The van der Waals surface area contributed by atoms with Gasteiger partial charge >= 0.3 is 0 Å². The van der Waals surface area contributed by atoms with Crippen LogP contribution in [0.25, 0.3) is 0 Å². The summed E-state index contributed by atoms with van der Waals surface area (Å²) in [5, 5.41) is 0. The lowest BCUT2D eigenvalue weighted by atomic mass is 9.99. The van der Waals surface area contributed by atoms with Gasteiger partial charge in [-0.15, -0.1) is 11.3 Å². The zero-order chi connectivity index (χ0) is 14.9. The van der Waals surface area contributed by atoms with E-state index in [-0.39, 0.29) is 5.91 Å². The van der Waals surface area contributed by atoms with Crippen molar-refractivity contribution in [3.05, 3.63) is 15.3 Å². The molecule has 5 heteroatoms. The van der Waals surface area contributed by atoms with Crippen LogP contribution in [0.2, 0.25) is 0 Å². The molecule has 2 unspecified atom stereocenters. The van der Waals surface area contributed by atoms with Gasteiger partial charge in [0.2, 0.25) is 0 Å². The van der Waals surface area contributed by atoms with Crippen LogP contribution in [0, 0.1) is 19.8 Å². The SMILES string of the molecule is CCCCC(CC)CN1C(=O)c2c(C)sc(C)c2S1=O. The minimum Gasteiger partial charge on any atom is -0.268 e. The van der Waals surface area contributed by atoms with Crippen molar-refractivity contribution in [2.45, 2.75) is 58.3 Å². The Bertz CT molecular complexity index is 500. The molecule has 0 radical (unpaired) electrons. The summed E-state index contributed by atoms with van der Waals surface area (Å²) in [7, 11) is -1.29. The first kappa shape index (κ1) is 15.7. The lowest BCUT2D eigenvalue weighted by molar-refractivity contribution is 0.0858. The molecule has 0 saturated heterocycles. The zero-order valence-corrected chi connectivity index (χ0v) is 14.3. The summed E-state index contributed by atoms with van der Waals surface area (Å²) in [6, 6.07) is 0. The third kappa shape index (κ3) is 2.70. The first-order chi connectivity index (χ1) is 9.51. The van der Waals surface area contributed by atoms with Gasteiger partial charge in [-0.3, -0.25) is 9.10 Å². The van der Waals surface area contributed by atoms with Crippen LogP contribution in [-0.2, 0) is 11.0 Å². The van der Waals surface area contributed by atoms with Gasteiger partial charge in [0.25, 0.3) is 5.91 Å². The summed E-state index contributed by atoms with van der Waals surface area (Å²) < 4.78 is 14.2. The van der Waals surface area contributed by atoms with E-state index < -0.39 is 11.0 Å². The van der Waals surface area contributed by atoms with E-state index in [1.165, 1.54) is 12.8 Å². The summed E-state index contributed by atoms with van der Waals surface area (Å²) in [6.45, 7) is 8.86. The average molecular weight is 313 g/mol. The molecule has 0 spiro atoms. The number of aryl methyl sites for hydroxylation is 2. The van der Waals surface area contributed by atoms with E-state index in [0.717, 1.165) is 27.5 Å². The number of nitrogens with zero attached hydrogens (tertiary/aromatic N) is 1. The molecule has 1 amide bonds. The van der Waals surface area contributed by atoms with E-state index in [1.807, 2.05) is 13.8 Å². The Morgan fingerprint density at radius 3 is 2.50 bits per heavy atom. The van der Waals surface area contributed by atoms with Crippen molar-refractivity contribution >= 4 is 28.2 Å². The number of fused-ring (bicyclic) bond motifs is 1. The highest BCUT2D eigenvalue weighted by atomic mass is 32.2. The van der Waals surface area contributed by atoms with Crippen molar-refractivity contribution in [2.24, 2.45) is 5.92 Å². The van der Waals surface area contributed by atoms with Gasteiger partial charge in [0.15, 0.2) is 11.0 Å². The molecule has 0 aliphatic carbocycles. The Kier molecular flexibility index (Phi) is 5.02. The second-order valence-electron chi connectivity index (χ2n) is 5.45. The summed E-state index contributed by atoms with van der Waals surface area (Å²) in [5.74, 6) is 0.422. The quantitative estimate of drug-likeness (QED) is 0.794. The molecular formula is C15H23NO2S2. The molecule has 2 heterocycles. The maximum atomic E-state index is 12.6. The fourth-order valence-electron chi connectivity index (χ4n) is 2.73. The van der Waals surface area contributed by atoms with Gasteiger partial charge in [-0.2, -0.15) is 0 Å². The number of rotatable bonds is 6. The highest BCUT2D eigenvalue weighted by Gasteiger charge is 2.39. The van der Waals surface area contributed by atoms with E-state index in [0.29, 0.717) is 18.0 Å². The minimum atomic E-state index is -1.29. The number of hydrogen-bond donors (Lipinski definition) is 0. The van der Waals surface area contributed by atoms with Crippen LogP contribution >= 0.6 is 11.3 Å². The van der Waals surface area contributed by atoms with Gasteiger partial charge in [0.05, 0.1) is 10.5 Å². The molecule has 0 N–H and O–H groups in total. The minimum absolute atomic E-state index is 0.0323. The average Bonchev–Trinajstić information content (AvgIpc) is 2.84. The number of amides is 1. The standard InChI is InChI=1S/C15H23NO2S2/c1-5-7-8-12(6-2)9-16-15(17)13-10(3)19-11(4)14(13)20(16)18/h12H,5-9H2,1-4H3. The van der Waals surface area contributed by atoms with Gasteiger partial charge in [0, 0.05) is 16.3 Å². The maximum Gasteiger partial charge on any atom is 0.268 e. The molecule has 20 heavy (non-hydrogen) atoms. The molecule has 0 saturated carbocycles. The topological polar surface area (TPSA) is 37.4 Å². The van der Waals surface area contributed by atoms with Crippen LogP contribution < -0.4 is 0 Å². The van der Waals surface area contributed by atoms with Crippen LogP contribution in [0.1, 0.15) is 59.6 Å². The molecule has 1 aliphatic rings. The van der Waals surface area contributed by atoms with Crippen LogP contribution in [-0.4, -0.2) is 21.0 Å². The van der Waals surface area contributed by atoms with Crippen LogP contribution in [0.3, 0.4) is 0 Å². The van der Waals surface area contributed by atoms with Crippen molar-refractivity contribution in [1.82, 2.24) is 4.31 Å². The van der Waals surface area contributed by atoms with Crippen LogP contribution in [0.15, 0.2) is 4.90 Å². The van der Waals surface area contributed by atoms with Gasteiger partial charge in [0.1, 0.15) is 0 Å². The fourth-order valence-corrected chi connectivity index (χ4v) is 5.55. The number of thiophene rings is 1. The molecule has 1 aromatic heterocycles. The van der Waals surface area contributed by atoms with E-state index in [2.05, 4.69) is 13.8 Å². The third-order valence-corrected chi connectivity index (χ3v) is 6.71. The van der Waals surface area contributed by atoms with Gasteiger partial charge in [-0.25, -0.2) is 4.21 Å². The van der Waals surface area contributed by atoms with E-state index >= 15 is 0 Å². The fraction of sp³-hybridized carbons (Fsp3) is 0.667. The Balaban J connectivity index is 2.18. The van der Waals surface area contributed by atoms with Crippen LogP contribution in [0.5, 0.6) is 0 Å². The largest absolute Gasteiger partial charge is 0.268 e. The molecule has 1 aromatic rings. The van der Waals surface area contributed by atoms with Crippen molar-refractivity contribution in [1.29, 1.82) is 0 Å². The Hall–Kier alpha value is -0.680. The first-order valence-electron chi connectivity index (χ1n) is 7.34. The van der Waals surface area contributed by atoms with Crippen molar-refractivity contribution < 1.29 is 9.00 Å². The summed E-state index contributed by atoms with van der Waals surface area (Å²) >= 11 is 1.58. The molecule has 0 aromatic carbocycles. The molecule has 112 valence electrons. The summed E-state index contributed by atoms with van der Waals surface area (Å²) in [4.78, 5) is 15.3.